The molecule has 0 saturated heterocycles. The number of nitrogens with one attached hydrogen (secondary N) is 1. The fourth-order valence-electron chi connectivity index (χ4n) is 3.06. The summed E-state index contributed by atoms with van der Waals surface area (Å²) in [7, 11) is 1.61. The lowest BCUT2D eigenvalue weighted by Gasteiger charge is -2.29. The summed E-state index contributed by atoms with van der Waals surface area (Å²) < 4.78 is 5.18. The van der Waals surface area contributed by atoms with E-state index in [1.807, 2.05) is 68.4 Å². The summed E-state index contributed by atoms with van der Waals surface area (Å²) in [4.78, 5) is 27.5. The van der Waals surface area contributed by atoms with E-state index >= 15 is 0 Å². The highest BCUT2D eigenvalue weighted by Crippen LogP contribution is 2.14. The van der Waals surface area contributed by atoms with E-state index < -0.39 is 6.04 Å². The van der Waals surface area contributed by atoms with E-state index in [4.69, 9.17) is 4.74 Å². The van der Waals surface area contributed by atoms with Crippen LogP contribution in [0.3, 0.4) is 0 Å². The standard InChI is InChI=1S/C24H32N2O3/c1-5-18(2)25-24(28)19(3)26(16-15-20-9-7-6-8-10-20)23(27)17-21-11-13-22(29-4)14-12-21/h6-14,18-19H,5,15-17H2,1-4H3,(H,25,28)/t18-,19-/m0/s1. The van der Waals surface area contributed by atoms with Gasteiger partial charge >= 0.3 is 0 Å². The maximum atomic E-state index is 13.1. The highest BCUT2D eigenvalue weighted by atomic mass is 16.5. The minimum absolute atomic E-state index is 0.0575. The number of nitrogens with zero attached hydrogens (tertiary/aromatic N) is 1. The maximum Gasteiger partial charge on any atom is 0.242 e. The Morgan fingerprint density at radius 2 is 1.66 bits per heavy atom. The van der Waals surface area contributed by atoms with Crippen molar-refractivity contribution in [2.75, 3.05) is 13.7 Å². The molecule has 0 unspecified atom stereocenters. The molecule has 0 aliphatic carbocycles. The van der Waals surface area contributed by atoms with Gasteiger partial charge in [0.1, 0.15) is 11.8 Å². The van der Waals surface area contributed by atoms with Gasteiger partial charge in [-0.3, -0.25) is 9.59 Å². The van der Waals surface area contributed by atoms with Gasteiger partial charge < -0.3 is 15.0 Å². The van der Waals surface area contributed by atoms with Crippen LogP contribution in [0.5, 0.6) is 5.75 Å². The third-order valence-electron chi connectivity index (χ3n) is 5.17. The molecule has 1 N–H and O–H groups in total. The largest absolute Gasteiger partial charge is 0.497 e. The van der Waals surface area contributed by atoms with Crippen LogP contribution in [-0.4, -0.2) is 42.5 Å². The molecule has 0 spiro atoms. The van der Waals surface area contributed by atoms with Crippen molar-refractivity contribution >= 4 is 11.8 Å². The summed E-state index contributed by atoms with van der Waals surface area (Å²) in [5.41, 5.74) is 2.04. The fraction of sp³-hybridized carbons (Fsp3) is 0.417. The summed E-state index contributed by atoms with van der Waals surface area (Å²) in [6.45, 7) is 6.29. The third kappa shape index (κ3) is 6.93. The van der Waals surface area contributed by atoms with Gasteiger partial charge in [0.2, 0.25) is 11.8 Å². The zero-order valence-corrected chi connectivity index (χ0v) is 17.9. The van der Waals surface area contributed by atoms with Gasteiger partial charge in [-0.1, -0.05) is 49.4 Å². The molecule has 0 bridgehead atoms. The summed E-state index contributed by atoms with van der Waals surface area (Å²) in [5, 5.41) is 2.99. The summed E-state index contributed by atoms with van der Waals surface area (Å²) in [5.74, 6) is 0.580. The number of benzene rings is 2. The molecule has 5 nitrogen and oxygen atoms in total. The van der Waals surface area contributed by atoms with Crippen LogP contribution in [0.15, 0.2) is 54.6 Å². The van der Waals surface area contributed by atoms with Crippen LogP contribution in [0.25, 0.3) is 0 Å². The van der Waals surface area contributed by atoms with Gasteiger partial charge in [0, 0.05) is 12.6 Å². The van der Waals surface area contributed by atoms with Gasteiger partial charge in [-0.05, 0) is 49.9 Å². The van der Waals surface area contributed by atoms with E-state index in [2.05, 4.69) is 5.32 Å². The third-order valence-corrected chi connectivity index (χ3v) is 5.17. The molecule has 2 rings (SSSR count). The van der Waals surface area contributed by atoms with Gasteiger partial charge in [0.25, 0.3) is 0 Å². The van der Waals surface area contributed by atoms with E-state index in [0.717, 1.165) is 23.3 Å². The van der Waals surface area contributed by atoms with Gasteiger partial charge in [0.15, 0.2) is 0 Å². The average molecular weight is 397 g/mol. The topological polar surface area (TPSA) is 58.6 Å². The van der Waals surface area contributed by atoms with Gasteiger partial charge in [0.05, 0.1) is 13.5 Å². The fourth-order valence-corrected chi connectivity index (χ4v) is 3.06. The Morgan fingerprint density at radius 1 is 1.00 bits per heavy atom. The van der Waals surface area contributed by atoms with Crippen molar-refractivity contribution in [3.05, 3.63) is 65.7 Å². The van der Waals surface area contributed by atoms with Gasteiger partial charge in [-0.25, -0.2) is 0 Å². The molecule has 2 atom stereocenters. The van der Waals surface area contributed by atoms with E-state index in [0.29, 0.717) is 13.0 Å². The summed E-state index contributed by atoms with van der Waals surface area (Å²) >= 11 is 0. The second-order valence-corrected chi connectivity index (χ2v) is 7.34. The molecule has 0 fully saturated rings. The molecule has 0 radical (unpaired) electrons. The number of amides is 2. The Bertz CT molecular complexity index is 774. The number of methoxy groups -OCH3 is 1. The molecule has 2 aromatic rings. The van der Waals surface area contributed by atoms with E-state index in [1.54, 1.807) is 18.9 Å². The molecule has 156 valence electrons. The summed E-state index contributed by atoms with van der Waals surface area (Å²) in [6, 6.07) is 17.0. The Balaban J connectivity index is 2.12. The first-order valence-corrected chi connectivity index (χ1v) is 10.2. The number of carbonyl (C=O) groups excluding carboxylic acids is 2. The van der Waals surface area contributed by atoms with E-state index in [-0.39, 0.29) is 24.3 Å². The molecule has 0 aromatic heterocycles. The lowest BCUT2D eigenvalue weighted by atomic mass is 10.1. The number of hydrogen-bond acceptors (Lipinski definition) is 3. The first kappa shape index (κ1) is 22.5. The van der Waals surface area contributed by atoms with Gasteiger partial charge in [-0.15, -0.1) is 0 Å². The van der Waals surface area contributed by atoms with Crippen molar-refractivity contribution in [3.63, 3.8) is 0 Å². The molecule has 29 heavy (non-hydrogen) atoms. The molecule has 0 aliphatic heterocycles. The van der Waals surface area contributed by atoms with Crippen LogP contribution in [-0.2, 0) is 22.4 Å². The van der Waals surface area contributed by atoms with Crippen molar-refractivity contribution in [2.24, 2.45) is 0 Å². The lowest BCUT2D eigenvalue weighted by Crippen LogP contribution is -2.50. The molecule has 2 amide bonds. The smallest absolute Gasteiger partial charge is 0.242 e. The number of ether oxygens (including phenoxy) is 1. The molecule has 2 aromatic carbocycles. The SMILES string of the molecule is CC[C@H](C)NC(=O)[C@H](C)N(CCc1ccccc1)C(=O)Cc1ccc(OC)cc1. The maximum absolute atomic E-state index is 13.1. The molecule has 0 saturated carbocycles. The predicted octanol–water partition coefficient (Wildman–Crippen LogP) is 3.61. The first-order chi connectivity index (χ1) is 13.9. The minimum atomic E-state index is -0.529. The zero-order chi connectivity index (χ0) is 21.2. The molecule has 0 aliphatic rings. The van der Waals surface area contributed by atoms with E-state index in [9.17, 15) is 9.59 Å². The summed E-state index contributed by atoms with van der Waals surface area (Å²) in [6.07, 6.45) is 1.80. The highest BCUT2D eigenvalue weighted by molar-refractivity contribution is 5.88. The number of rotatable bonds is 10. The number of hydrogen-bond donors (Lipinski definition) is 1. The van der Waals surface area contributed by atoms with Crippen LogP contribution in [0.2, 0.25) is 0 Å². The van der Waals surface area contributed by atoms with Gasteiger partial charge in [-0.2, -0.15) is 0 Å². The van der Waals surface area contributed by atoms with Crippen LogP contribution in [0, 0.1) is 0 Å². The molecule has 0 heterocycles. The van der Waals surface area contributed by atoms with Crippen molar-refractivity contribution < 1.29 is 14.3 Å². The Hall–Kier alpha value is -2.82. The van der Waals surface area contributed by atoms with E-state index in [1.165, 1.54) is 0 Å². The lowest BCUT2D eigenvalue weighted by molar-refractivity contribution is -0.139. The zero-order valence-electron chi connectivity index (χ0n) is 17.9. The second-order valence-electron chi connectivity index (χ2n) is 7.34. The van der Waals surface area contributed by atoms with Crippen LogP contribution in [0.4, 0.5) is 0 Å². The normalized spacial score (nSPS) is 12.7. The van der Waals surface area contributed by atoms with Crippen LogP contribution in [0.1, 0.15) is 38.3 Å². The first-order valence-electron chi connectivity index (χ1n) is 10.2. The molecule has 5 heteroatoms. The van der Waals surface area contributed by atoms with Crippen molar-refractivity contribution in [1.29, 1.82) is 0 Å². The van der Waals surface area contributed by atoms with Crippen LogP contribution < -0.4 is 10.1 Å². The van der Waals surface area contributed by atoms with Crippen LogP contribution >= 0.6 is 0 Å². The highest BCUT2D eigenvalue weighted by Gasteiger charge is 2.26. The average Bonchev–Trinajstić information content (AvgIpc) is 2.74. The van der Waals surface area contributed by atoms with Crippen molar-refractivity contribution in [2.45, 2.75) is 52.1 Å². The van der Waals surface area contributed by atoms with Crippen molar-refractivity contribution in [1.82, 2.24) is 10.2 Å². The molecular weight excluding hydrogens is 364 g/mol. The Kier molecular flexibility index (Phi) is 8.71. The predicted molar refractivity (Wildman–Crippen MR) is 116 cm³/mol. The molecular formula is C24H32N2O3. The second kappa shape index (κ2) is 11.2. The Morgan fingerprint density at radius 3 is 2.24 bits per heavy atom. The quantitative estimate of drug-likeness (QED) is 0.667. The monoisotopic (exact) mass is 396 g/mol. The minimum Gasteiger partial charge on any atom is -0.497 e. The van der Waals surface area contributed by atoms with Crippen molar-refractivity contribution in [3.8, 4) is 5.75 Å². The number of carbonyl (C=O) groups is 2. The Labute approximate surface area is 174 Å².